The highest BCUT2D eigenvalue weighted by atomic mass is 16.5. The lowest BCUT2D eigenvalue weighted by Crippen LogP contribution is -2.32. The first-order valence-corrected chi connectivity index (χ1v) is 4.67. The number of amides is 1. The Kier molecular flexibility index (Phi) is 4.05. The molecule has 0 saturated heterocycles. The number of aromatic amines is 1. The van der Waals surface area contributed by atoms with Crippen LogP contribution in [0.25, 0.3) is 0 Å². The van der Waals surface area contributed by atoms with E-state index in [2.05, 4.69) is 4.98 Å². The molecular formula is C10H16N3O2+. The van der Waals surface area contributed by atoms with Crippen molar-refractivity contribution in [3.05, 3.63) is 23.9 Å². The summed E-state index contributed by atoms with van der Waals surface area (Å²) in [6.45, 7) is 1.38. The molecule has 0 saturated carbocycles. The van der Waals surface area contributed by atoms with Gasteiger partial charge in [-0.05, 0) is 12.1 Å². The fraction of sp³-hybridized carbons (Fsp3) is 0.400. The average Bonchev–Trinajstić information content (AvgIpc) is 2.26. The lowest BCUT2D eigenvalue weighted by atomic mass is 10.3. The molecule has 1 aromatic rings. The molecule has 0 aliphatic carbocycles. The van der Waals surface area contributed by atoms with Gasteiger partial charge in [0, 0.05) is 13.2 Å². The van der Waals surface area contributed by atoms with E-state index in [1.807, 2.05) is 18.0 Å². The van der Waals surface area contributed by atoms with Crippen LogP contribution in [-0.4, -0.2) is 33.2 Å². The molecule has 3 N–H and O–H groups in total. The summed E-state index contributed by atoms with van der Waals surface area (Å²) in [5.74, 6) is 0.375. The topological polar surface area (TPSA) is 69.7 Å². The summed E-state index contributed by atoms with van der Waals surface area (Å²) in [6, 6.07) is 5.31. The molecule has 0 aliphatic heterocycles. The van der Waals surface area contributed by atoms with Crippen LogP contribution in [0.1, 0.15) is 10.5 Å². The molecule has 0 aliphatic rings. The van der Waals surface area contributed by atoms with Gasteiger partial charge in [-0.2, -0.15) is 0 Å². The number of carbonyl (C=O) groups excluding carboxylic acids is 1. The first kappa shape index (κ1) is 11.5. The van der Waals surface area contributed by atoms with E-state index < -0.39 is 5.91 Å². The molecule has 0 aromatic carbocycles. The third-order valence-corrected chi connectivity index (χ3v) is 2.09. The van der Waals surface area contributed by atoms with Crippen molar-refractivity contribution in [3.63, 3.8) is 0 Å². The minimum atomic E-state index is -0.461. The Morgan fingerprint density at radius 2 is 2.33 bits per heavy atom. The lowest BCUT2D eigenvalue weighted by Gasteiger charge is -2.10. The van der Waals surface area contributed by atoms with Crippen LogP contribution in [0.15, 0.2) is 18.2 Å². The maximum absolute atomic E-state index is 10.9. The molecule has 0 unspecified atom stereocenters. The van der Waals surface area contributed by atoms with E-state index >= 15 is 0 Å². The summed E-state index contributed by atoms with van der Waals surface area (Å²) in [5, 5.41) is 0. The summed E-state index contributed by atoms with van der Waals surface area (Å²) in [4.78, 5) is 15.8. The Hall–Kier alpha value is -1.62. The van der Waals surface area contributed by atoms with Crippen LogP contribution in [0, 0.1) is 0 Å². The van der Waals surface area contributed by atoms with E-state index in [-0.39, 0.29) is 0 Å². The number of methoxy groups -OCH3 is 1. The zero-order chi connectivity index (χ0) is 11.3. The molecule has 0 fully saturated rings. The maximum Gasteiger partial charge on any atom is 0.288 e. The number of hydrogen-bond acceptors (Lipinski definition) is 3. The summed E-state index contributed by atoms with van der Waals surface area (Å²) >= 11 is 0. The number of rotatable bonds is 5. The van der Waals surface area contributed by atoms with Crippen LogP contribution >= 0.6 is 0 Å². The van der Waals surface area contributed by atoms with Gasteiger partial charge in [-0.1, -0.05) is 0 Å². The maximum atomic E-state index is 10.9. The summed E-state index contributed by atoms with van der Waals surface area (Å²) in [6.07, 6.45) is 0. The standard InChI is InChI=1S/C10H15N3O2/c1-13(6-7-15-2)9-5-3-4-8(12-9)10(11)14/h3-5H,6-7H2,1-2H3,(H2,11,14)/p+1. The van der Waals surface area contributed by atoms with Crippen molar-refractivity contribution in [2.45, 2.75) is 0 Å². The van der Waals surface area contributed by atoms with Crippen molar-refractivity contribution >= 4 is 11.7 Å². The van der Waals surface area contributed by atoms with Crippen molar-refractivity contribution in [1.82, 2.24) is 0 Å². The molecule has 5 heteroatoms. The number of nitrogens with zero attached hydrogens (tertiary/aromatic N) is 1. The smallest absolute Gasteiger partial charge is 0.288 e. The van der Waals surface area contributed by atoms with Crippen molar-refractivity contribution in [2.75, 3.05) is 32.2 Å². The molecule has 1 heterocycles. The molecule has 1 aromatic heterocycles. The van der Waals surface area contributed by atoms with Gasteiger partial charge in [0.05, 0.1) is 13.7 Å². The van der Waals surface area contributed by atoms with Crippen LogP contribution in [0.2, 0.25) is 0 Å². The quantitative estimate of drug-likeness (QED) is 0.724. The second kappa shape index (κ2) is 5.31. The molecule has 15 heavy (non-hydrogen) atoms. The number of nitrogens with one attached hydrogen (secondary N) is 1. The van der Waals surface area contributed by atoms with Gasteiger partial charge < -0.3 is 10.5 Å². The van der Waals surface area contributed by atoms with E-state index in [0.29, 0.717) is 12.3 Å². The number of carbonyl (C=O) groups is 1. The molecular weight excluding hydrogens is 194 g/mol. The molecule has 0 atom stereocenters. The van der Waals surface area contributed by atoms with Gasteiger partial charge >= 0.3 is 0 Å². The van der Waals surface area contributed by atoms with Crippen molar-refractivity contribution < 1.29 is 14.5 Å². The minimum absolute atomic E-state index is 0.400. The SMILES string of the molecule is COCCN(C)c1cccc(C(N)=O)[nH+]1. The number of hydrogen-bond donors (Lipinski definition) is 1. The Balaban J connectivity index is 2.76. The molecule has 0 bridgehead atoms. The second-order valence-electron chi connectivity index (χ2n) is 3.23. The van der Waals surface area contributed by atoms with E-state index in [1.165, 1.54) is 0 Å². The van der Waals surface area contributed by atoms with E-state index in [1.54, 1.807) is 19.2 Å². The monoisotopic (exact) mass is 210 g/mol. The van der Waals surface area contributed by atoms with E-state index in [0.717, 1.165) is 12.4 Å². The molecule has 82 valence electrons. The average molecular weight is 210 g/mol. The van der Waals surface area contributed by atoms with Gasteiger partial charge in [0.1, 0.15) is 6.54 Å². The molecule has 0 spiro atoms. The Labute approximate surface area is 88.9 Å². The van der Waals surface area contributed by atoms with Crippen molar-refractivity contribution in [3.8, 4) is 0 Å². The van der Waals surface area contributed by atoms with Crippen LogP contribution in [0.4, 0.5) is 5.82 Å². The third kappa shape index (κ3) is 3.21. The first-order chi connectivity index (χ1) is 7.15. The molecule has 0 radical (unpaired) electrons. The number of H-pyrrole nitrogens is 1. The van der Waals surface area contributed by atoms with Crippen molar-refractivity contribution in [1.29, 1.82) is 0 Å². The van der Waals surface area contributed by atoms with E-state index in [9.17, 15) is 4.79 Å². The summed E-state index contributed by atoms with van der Waals surface area (Å²) in [5.41, 5.74) is 5.57. The fourth-order valence-corrected chi connectivity index (χ4v) is 1.17. The molecule has 5 nitrogen and oxygen atoms in total. The lowest BCUT2D eigenvalue weighted by molar-refractivity contribution is -0.368. The largest absolute Gasteiger partial charge is 0.381 e. The highest BCUT2D eigenvalue weighted by molar-refractivity contribution is 5.89. The normalized spacial score (nSPS) is 10.0. The zero-order valence-corrected chi connectivity index (χ0v) is 8.99. The fourth-order valence-electron chi connectivity index (χ4n) is 1.17. The van der Waals surface area contributed by atoms with Crippen LogP contribution < -0.4 is 15.6 Å². The number of nitrogens with two attached hydrogens (primary N) is 1. The highest BCUT2D eigenvalue weighted by Gasteiger charge is 2.12. The zero-order valence-electron chi connectivity index (χ0n) is 8.99. The number of likely N-dealkylation sites (N-methyl/N-ethyl adjacent to an activating group) is 1. The number of pyridine rings is 1. The Morgan fingerprint density at radius 3 is 2.93 bits per heavy atom. The third-order valence-electron chi connectivity index (χ3n) is 2.09. The highest BCUT2D eigenvalue weighted by Crippen LogP contribution is 2.03. The summed E-state index contributed by atoms with van der Waals surface area (Å²) < 4.78 is 4.96. The van der Waals surface area contributed by atoms with Gasteiger partial charge in [0.2, 0.25) is 0 Å². The van der Waals surface area contributed by atoms with Gasteiger partial charge in [-0.15, -0.1) is 0 Å². The van der Waals surface area contributed by atoms with Crippen LogP contribution in [-0.2, 0) is 4.74 Å². The number of anilines is 1. The Morgan fingerprint density at radius 1 is 1.60 bits per heavy atom. The molecule has 1 amide bonds. The van der Waals surface area contributed by atoms with Gasteiger partial charge in [-0.3, -0.25) is 9.69 Å². The minimum Gasteiger partial charge on any atom is -0.381 e. The van der Waals surface area contributed by atoms with Gasteiger partial charge in [-0.25, -0.2) is 4.98 Å². The van der Waals surface area contributed by atoms with Gasteiger partial charge in [0.25, 0.3) is 11.7 Å². The van der Waals surface area contributed by atoms with E-state index in [4.69, 9.17) is 10.5 Å². The Bertz CT molecular complexity index is 341. The summed E-state index contributed by atoms with van der Waals surface area (Å²) in [7, 11) is 3.56. The van der Waals surface area contributed by atoms with Gasteiger partial charge in [0.15, 0.2) is 5.69 Å². The predicted octanol–water partition coefficient (Wildman–Crippen LogP) is -0.318. The number of aromatic nitrogens is 1. The van der Waals surface area contributed by atoms with Crippen LogP contribution in [0.5, 0.6) is 0 Å². The van der Waals surface area contributed by atoms with Crippen molar-refractivity contribution in [2.24, 2.45) is 5.73 Å². The number of ether oxygens (including phenoxy) is 1. The number of primary amides is 1. The molecule has 1 rings (SSSR count). The first-order valence-electron chi connectivity index (χ1n) is 4.67. The predicted molar refractivity (Wildman–Crippen MR) is 56.7 cm³/mol. The second-order valence-corrected chi connectivity index (χ2v) is 3.23. The van der Waals surface area contributed by atoms with Crippen LogP contribution in [0.3, 0.4) is 0 Å².